The number of hydrogen-bond acceptors (Lipinski definition) is 8. The summed E-state index contributed by atoms with van der Waals surface area (Å²) in [5.41, 5.74) is 0.401. The van der Waals surface area contributed by atoms with Gasteiger partial charge in [0.1, 0.15) is 5.60 Å². The molecule has 0 bridgehead atoms. The molecule has 1 N–H and O–H groups in total. The number of carbonyl (C=O) groups excluding carboxylic acids is 1. The molecule has 0 spiro atoms. The van der Waals surface area contributed by atoms with Crippen LogP contribution >= 0.6 is 0 Å². The summed E-state index contributed by atoms with van der Waals surface area (Å²) in [5, 5.41) is 2.56. The lowest BCUT2D eigenvalue weighted by Gasteiger charge is -2.20. The molecule has 154 valence electrons. The van der Waals surface area contributed by atoms with Crippen molar-refractivity contribution in [3.05, 3.63) is 29.8 Å². The van der Waals surface area contributed by atoms with Crippen LogP contribution in [0.1, 0.15) is 32.3 Å². The van der Waals surface area contributed by atoms with Crippen LogP contribution in [0.3, 0.4) is 0 Å². The summed E-state index contributed by atoms with van der Waals surface area (Å²) in [7, 11) is -7.40. The summed E-state index contributed by atoms with van der Waals surface area (Å²) in [6, 6.07) is 6.36. The molecule has 1 rings (SSSR count). The van der Waals surface area contributed by atoms with E-state index in [0.29, 0.717) is 11.3 Å². The normalized spacial score (nSPS) is 12.8. The summed E-state index contributed by atoms with van der Waals surface area (Å²) in [5.74, 6) is -0.648. The van der Waals surface area contributed by atoms with Gasteiger partial charge in [-0.25, -0.2) is 4.79 Å². The Kier molecular flexibility index (Phi) is 7.78. The molecule has 11 heteroatoms. The maximum Gasteiger partial charge on any atom is 0.412 e. The van der Waals surface area contributed by atoms with Crippen LogP contribution < -0.4 is 5.32 Å². The van der Waals surface area contributed by atoms with E-state index in [-0.39, 0.29) is 13.2 Å². The molecule has 1 aromatic rings. The van der Waals surface area contributed by atoms with Crippen molar-refractivity contribution >= 4 is 32.0 Å². The maximum atomic E-state index is 11.8. The van der Waals surface area contributed by atoms with Crippen molar-refractivity contribution in [3.8, 4) is 0 Å². The van der Waals surface area contributed by atoms with Crippen molar-refractivity contribution in [2.75, 3.05) is 31.0 Å². The standard InChI is InChI=1S/C16H25NO8S2/c1-16(2,3)25-15(18)17-14-8-6-12(7-9-14)13(10-23-26(4,19)20)11-24-27(5,21)22/h6-9,13H,10-11H2,1-5H3,(H,17,18). The lowest BCUT2D eigenvalue weighted by atomic mass is 10.0. The summed E-state index contributed by atoms with van der Waals surface area (Å²) >= 11 is 0. The molecule has 0 aliphatic heterocycles. The number of rotatable bonds is 8. The van der Waals surface area contributed by atoms with E-state index < -0.39 is 37.8 Å². The Labute approximate surface area is 160 Å². The second kappa shape index (κ2) is 9.00. The topological polar surface area (TPSA) is 125 Å². The number of amides is 1. The molecule has 1 aromatic carbocycles. The third kappa shape index (κ3) is 10.9. The Morgan fingerprint density at radius 3 is 1.78 bits per heavy atom. The quantitative estimate of drug-likeness (QED) is 0.630. The minimum absolute atomic E-state index is 0.285. The molecule has 0 atom stereocenters. The molecule has 0 saturated heterocycles. The Hall–Kier alpha value is -1.69. The van der Waals surface area contributed by atoms with E-state index in [9.17, 15) is 21.6 Å². The van der Waals surface area contributed by atoms with Gasteiger partial charge in [0.25, 0.3) is 20.2 Å². The van der Waals surface area contributed by atoms with Gasteiger partial charge in [0.05, 0.1) is 25.7 Å². The van der Waals surface area contributed by atoms with Crippen LogP contribution in [-0.4, -0.2) is 54.3 Å². The maximum absolute atomic E-state index is 11.8. The van der Waals surface area contributed by atoms with Crippen LogP contribution in [0.15, 0.2) is 24.3 Å². The van der Waals surface area contributed by atoms with Crippen molar-refractivity contribution in [1.29, 1.82) is 0 Å². The minimum Gasteiger partial charge on any atom is -0.444 e. The average molecular weight is 424 g/mol. The van der Waals surface area contributed by atoms with Crippen LogP contribution in [0, 0.1) is 0 Å². The van der Waals surface area contributed by atoms with E-state index in [1.54, 1.807) is 45.0 Å². The molecule has 0 aliphatic rings. The van der Waals surface area contributed by atoms with E-state index in [1.807, 2.05) is 0 Å². The third-order valence-corrected chi connectivity index (χ3v) is 4.12. The Morgan fingerprint density at radius 2 is 1.41 bits per heavy atom. The van der Waals surface area contributed by atoms with Gasteiger partial charge in [-0.15, -0.1) is 0 Å². The molecule has 0 saturated carbocycles. The SMILES string of the molecule is CC(C)(C)OC(=O)Nc1ccc(C(COS(C)(=O)=O)COS(C)(=O)=O)cc1. The highest BCUT2D eigenvalue weighted by molar-refractivity contribution is 7.86. The van der Waals surface area contributed by atoms with Crippen molar-refractivity contribution in [3.63, 3.8) is 0 Å². The number of nitrogens with one attached hydrogen (secondary N) is 1. The first kappa shape index (κ1) is 23.3. The monoisotopic (exact) mass is 423 g/mol. The fourth-order valence-electron chi connectivity index (χ4n) is 1.91. The van der Waals surface area contributed by atoms with Gasteiger partial charge in [0.2, 0.25) is 0 Å². The minimum atomic E-state index is -3.70. The summed E-state index contributed by atoms with van der Waals surface area (Å²) in [6.45, 7) is 4.65. The largest absolute Gasteiger partial charge is 0.444 e. The number of anilines is 1. The zero-order valence-corrected chi connectivity index (χ0v) is 17.5. The Balaban J connectivity index is 2.87. The van der Waals surface area contributed by atoms with E-state index in [0.717, 1.165) is 12.5 Å². The van der Waals surface area contributed by atoms with Gasteiger partial charge in [-0.3, -0.25) is 13.7 Å². The fourth-order valence-corrected chi connectivity index (χ4v) is 2.74. The van der Waals surface area contributed by atoms with Crippen LogP contribution in [0.4, 0.5) is 10.5 Å². The molecule has 1 amide bonds. The smallest absolute Gasteiger partial charge is 0.412 e. The van der Waals surface area contributed by atoms with Crippen molar-refractivity contribution < 1.29 is 34.7 Å². The summed E-state index contributed by atoms with van der Waals surface area (Å²) < 4.78 is 59.5. The fraction of sp³-hybridized carbons (Fsp3) is 0.562. The Morgan fingerprint density at radius 1 is 0.963 bits per heavy atom. The van der Waals surface area contributed by atoms with Crippen molar-refractivity contribution in [2.24, 2.45) is 0 Å². The first-order chi connectivity index (χ1) is 12.1. The van der Waals surface area contributed by atoms with E-state index in [1.165, 1.54) is 0 Å². The molecule has 27 heavy (non-hydrogen) atoms. The second-order valence-corrected chi connectivity index (χ2v) is 10.2. The summed E-state index contributed by atoms with van der Waals surface area (Å²) in [4.78, 5) is 11.8. The first-order valence-corrected chi connectivity index (χ1v) is 11.6. The van der Waals surface area contributed by atoms with Gasteiger partial charge < -0.3 is 4.74 Å². The Bertz CT molecular complexity index is 803. The second-order valence-electron chi connectivity index (χ2n) is 6.92. The van der Waals surface area contributed by atoms with E-state index in [4.69, 9.17) is 13.1 Å². The predicted molar refractivity (Wildman–Crippen MR) is 101 cm³/mol. The first-order valence-electron chi connectivity index (χ1n) is 7.93. The van der Waals surface area contributed by atoms with Gasteiger partial charge >= 0.3 is 6.09 Å². The van der Waals surface area contributed by atoms with Crippen LogP contribution in [-0.2, 0) is 33.3 Å². The van der Waals surface area contributed by atoms with Crippen molar-refractivity contribution in [1.82, 2.24) is 0 Å². The lowest BCUT2D eigenvalue weighted by molar-refractivity contribution is 0.0636. The third-order valence-electron chi connectivity index (χ3n) is 2.99. The van der Waals surface area contributed by atoms with Crippen LogP contribution in [0.5, 0.6) is 0 Å². The predicted octanol–water partition coefficient (Wildman–Crippen LogP) is 2.07. The van der Waals surface area contributed by atoms with Crippen LogP contribution in [0.25, 0.3) is 0 Å². The molecule has 0 fully saturated rings. The molecular weight excluding hydrogens is 398 g/mol. The molecule has 0 radical (unpaired) electrons. The van der Waals surface area contributed by atoms with Crippen LogP contribution in [0.2, 0.25) is 0 Å². The number of benzene rings is 1. The highest BCUT2D eigenvalue weighted by Crippen LogP contribution is 2.21. The van der Waals surface area contributed by atoms with Gasteiger partial charge in [0.15, 0.2) is 0 Å². The number of ether oxygens (including phenoxy) is 1. The number of carbonyl (C=O) groups is 1. The molecule has 0 aromatic heterocycles. The van der Waals surface area contributed by atoms with Gasteiger partial charge in [-0.2, -0.15) is 16.8 Å². The zero-order valence-electron chi connectivity index (χ0n) is 15.9. The zero-order chi connectivity index (χ0) is 20.9. The van der Waals surface area contributed by atoms with Gasteiger partial charge in [-0.1, -0.05) is 12.1 Å². The highest BCUT2D eigenvalue weighted by Gasteiger charge is 2.19. The summed E-state index contributed by atoms with van der Waals surface area (Å²) in [6.07, 6.45) is 1.18. The molecule has 0 unspecified atom stereocenters. The lowest BCUT2D eigenvalue weighted by Crippen LogP contribution is -2.27. The van der Waals surface area contributed by atoms with Gasteiger partial charge in [0, 0.05) is 11.6 Å². The average Bonchev–Trinajstić information content (AvgIpc) is 2.44. The number of hydrogen-bond donors (Lipinski definition) is 1. The van der Waals surface area contributed by atoms with E-state index in [2.05, 4.69) is 5.32 Å². The molecule has 0 aliphatic carbocycles. The molecule has 0 heterocycles. The van der Waals surface area contributed by atoms with E-state index >= 15 is 0 Å². The molecule has 9 nitrogen and oxygen atoms in total. The molecular formula is C16H25NO8S2. The van der Waals surface area contributed by atoms with Crippen molar-refractivity contribution in [2.45, 2.75) is 32.3 Å². The van der Waals surface area contributed by atoms with Gasteiger partial charge in [-0.05, 0) is 38.5 Å². The highest BCUT2D eigenvalue weighted by atomic mass is 32.2.